The predicted octanol–water partition coefficient (Wildman–Crippen LogP) is 4.53. The second-order valence-electron chi connectivity index (χ2n) is 5.54. The zero-order valence-corrected chi connectivity index (χ0v) is 15.8. The summed E-state index contributed by atoms with van der Waals surface area (Å²) >= 11 is 7.55. The van der Waals surface area contributed by atoms with Crippen molar-refractivity contribution in [3.63, 3.8) is 0 Å². The van der Waals surface area contributed by atoms with E-state index in [9.17, 15) is 4.79 Å². The molecule has 0 aromatic heterocycles. The smallest absolute Gasteiger partial charge is 0.238 e. The monoisotopic (exact) mass is 387 g/mol. The summed E-state index contributed by atoms with van der Waals surface area (Å²) in [5.41, 5.74) is 1.78. The molecule has 1 amide bonds. The minimum Gasteiger partial charge on any atom is -0.490 e. The molecule has 0 aliphatic carbocycles. The Hall–Kier alpha value is -2.29. The van der Waals surface area contributed by atoms with Crippen LogP contribution in [-0.2, 0) is 4.79 Å². The van der Waals surface area contributed by atoms with Crippen LogP contribution < -0.4 is 14.4 Å². The summed E-state index contributed by atoms with van der Waals surface area (Å²) in [6, 6.07) is 13.0. The molecule has 4 nitrogen and oxygen atoms in total. The van der Waals surface area contributed by atoms with E-state index in [2.05, 4.69) is 5.92 Å². The third-order valence-electron chi connectivity index (χ3n) is 3.84. The Morgan fingerprint density at radius 2 is 2.00 bits per heavy atom. The van der Waals surface area contributed by atoms with Gasteiger partial charge in [-0.2, -0.15) is 0 Å². The maximum atomic E-state index is 12.5. The Morgan fingerprint density at radius 1 is 1.23 bits per heavy atom. The third kappa shape index (κ3) is 3.92. The van der Waals surface area contributed by atoms with Crippen LogP contribution in [0.1, 0.15) is 17.9 Å². The number of amides is 1. The van der Waals surface area contributed by atoms with Crippen molar-refractivity contribution in [3.8, 4) is 23.8 Å². The van der Waals surface area contributed by atoms with Crippen LogP contribution in [0.25, 0.3) is 0 Å². The number of hydrogen-bond donors (Lipinski definition) is 0. The molecule has 1 aliphatic rings. The third-order valence-corrected chi connectivity index (χ3v) is 5.30. The van der Waals surface area contributed by atoms with Gasteiger partial charge in [-0.05, 0) is 48.9 Å². The molecule has 0 unspecified atom stereocenters. The number of hydrogen-bond acceptors (Lipinski definition) is 4. The molecule has 6 heteroatoms. The van der Waals surface area contributed by atoms with Gasteiger partial charge in [0.1, 0.15) is 12.0 Å². The molecule has 0 saturated carbocycles. The molecule has 134 valence electrons. The first kappa shape index (κ1) is 18.5. The Kier molecular flexibility index (Phi) is 5.97. The second kappa shape index (κ2) is 8.39. The van der Waals surface area contributed by atoms with E-state index in [1.54, 1.807) is 28.8 Å². The van der Waals surface area contributed by atoms with Gasteiger partial charge in [-0.3, -0.25) is 9.69 Å². The van der Waals surface area contributed by atoms with Crippen molar-refractivity contribution in [2.45, 2.75) is 12.3 Å². The molecule has 0 N–H and O–H groups in total. The van der Waals surface area contributed by atoms with Crippen molar-refractivity contribution in [1.29, 1.82) is 0 Å². The van der Waals surface area contributed by atoms with E-state index in [1.807, 2.05) is 37.3 Å². The van der Waals surface area contributed by atoms with Crippen LogP contribution in [0.15, 0.2) is 42.5 Å². The van der Waals surface area contributed by atoms with Gasteiger partial charge in [-0.25, -0.2) is 0 Å². The lowest BCUT2D eigenvalue weighted by Crippen LogP contribution is -2.27. The molecule has 1 aliphatic heterocycles. The van der Waals surface area contributed by atoms with E-state index in [-0.39, 0.29) is 17.9 Å². The summed E-state index contributed by atoms with van der Waals surface area (Å²) in [7, 11) is 0. The summed E-state index contributed by atoms with van der Waals surface area (Å²) in [6.07, 6.45) is 5.27. The van der Waals surface area contributed by atoms with Gasteiger partial charge >= 0.3 is 0 Å². The maximum Gasteiger partial charge on any atom is 0.238 e. The fraction of sp³-hybridized carbons (Fsp3) is 0.250. The average Bonchev–Trinajstić information content (AvgIpc) is 3.03. The number of terminal acetylenes is 1. The Morgan fingerprint density at radius 3 is 2.69 bits per heavy atom. The molecule has 1 heterocycles. The summed E-state index contributed by atoms with van der Waals surface area (Å²) < 4.78 is 11.2. The Bertz CT molecular complexity index is 832. The largest absolute Gasteiger partial charge is 0.490 e. The fourth-order valence-corrected chi connectivity index (χ4v) is 4.03. The maximum absolute atomic E-state index is 12.5. The quantitative estimate of drug-likeness (QED) is 0.682. The number of thioether (sulfide) groups is 1. The number of anilines is 1. The zero-order valence-electron chi connectivity index (χ0n) is 14.3. The van der Waals surface area contributed by atoms with E-state index >= 15 is 0 Å². The highest BCUT2D eigenvalue weighted by Gasteiger charge is 2.34. The van der Waals surface area contributed by atoms with E-state index in [0.717, 1.165) is 11.3 Å². The molecular weight excluding hydrogens is 370 g/mol. The van der Waals surface area contributed by atoms with Gasteiger partial charge < -0.3 is 9.47 Å². The number of ether oxygens (including phenoxy) is 2. The lowest BCUT2D eigenvalue weighted by Gasteiger charge is -2.25. The molecule has 26 heavy (non-hydrogen) atoms. The summed E-state index contributed by atoms with van der Waals surface area (Å²) in [5.74, 6) is 4.15. The van der Waals surface area contributed by atoms with Crippen molar-refractivity contribution in [3.05, 3.63) is 53.1 Å². The van der Waals surface area contributed by atoms with Crippen LogP contribution in [0, 0.1) is 12.3 Å². The normalized spacial score (nSPS) is 16.4. The number of benzene rings is 2. The summed E-state index contributed by atoms with van der Waals surface area (Å²) in [5, 5.41) is 0.503. The van der Waals surface area contributed by atoms with Gasteiger partial charge in [-0.1, -0.05) is 23.6 Å². The summed E-state index contributed by atoms with van der Waals surface area (Å²) in [4.78, 5) is 14.2. The highest BCUT2D eigenvalue weighted by molar-refractivity contribution is 8.00. The van der Waals surface area contributed by atoms with Gasteiger partial charge in [0.15, 0.2) is 11.5 Å². The van der Waals surface area contributed by atoms with E-state index in [0.29, 0.717) is 28.9 Å². The SMILES string of the molecule is C#CCOc1ccc([C@H]2SCC(=O)N2c2ccc(Cl)cc2)cc1OCC. The van der Waals surface area contributed by atoms with Crippen LogP contribution in [0.5, 0.6) is 11.5 Å². The first-order valence-electron chi connectivity index (χ1n) is 8.16. The van der Waals surface area contributed by atoms with Gasteiger partial charge in [0.25, 0.3) is 0 Å². The highest BCUT2D eigenvalue weighted by Crippen LogP contribution is 2.44. The molecule has 1 atom stereocenters. The standard InChI is InChI=1S/C20H18ClNO3S/c1-3-11-25-17-10-5-14(12-18(17)24-4-2)20-22(19(23)13-26-20)16-8-6-15(21)7-9-16/h1,5-10,12,20H,4,11,13H2,2H3/t20-/m1/s1. The summed E-state index contributed by atoms with van der Waals surface area (Å²) in [6.45, 7) is 2.59. The van der Waals surface area contributed by atoms with Crippen molar-refractivity contribution in [2.24, 2.45) is 0 Å². The van der Waals surface area contributed by atoms with Crippen LogP contribution in [0.3, 0.4) is 0 Å². The molecule has 0 radical (unpaired) electrons. The van der Waals surface area contributed by atoms with E-state index < -0.39 is 0 Å². The van der Waals surface area contributed by atoms with Crippen LogP contribution in [-0.4, -0.2) is 24.9 Å². The molecule has 3 rings (SSSR count). The molecule has 2 aromatic carbocycles. The first-order chi connectivity index (χ1) is 12.6. The van der Waals surface area contributed by atoms with E-state index in [1.165, 1.54) is 0 Å². The number of rotatable bonds is 6. The number of halogens is 1. The van der Waals surface area contributed by atoms with Crippen molar-refractivity contribution >= 4 is 35.0 Å². The molecule has 1 saturated heterocycles. The molecular formula is C20H18ClNO3S. The van der Waals surface area contributed by atoms with Gasteiger partial charge in [0.2, 0.25) is 5.91 Å². The minimum absolute atomic E-state index is 0.0629. The van der Waals surface area contributed by atoms with Crippen LogP contribution in [0.4, 0.5) is 5.69 Å². The van der Waals surface area contributed by atoms with Crippen molar-refractivity contribution < 1.29 is 14.3 Å². The lowest BCUT2D eigenvalue weighted by molar-refractivity contribution is -0.115. The molecule has 1 fully saturated rings. The van der Waals surface area contributed by atoms with Crippen molar-refractivity contribution in [2.75, 3.05) is 23.9 Å². The van der Waals surface area contributed by atoms with E-state index in [4.69, 9.17) is 27.5 Å². The molecule has 0 spiro atoms. The highest BCUT2D eigenvalue weighted by atomic mass is 35.5. The first-order valence-corrected chi connectivity index (χ1v) is 9.59. The molecule has 2 aromatic rings. The number of nitrogens with zero attached hydrogens (tertiary/aromatic N) is 1. The topological polar surface area (TPSA) is 38.8 Å². The van der Waals surface area contributed by atoms with Gasteiger partial charge in [-0.15, -0.1) is 18.2 Å². The average molecular weight is 388 g/mol. The van der Waals surface area contributed by atoms with Crippen LogP contribution in [0.2, 0.25) is 5.02 Å². The zero-order chi connectivity index (χ0) is 18.5. The number of carbonyl (C=O) groups excluding carboxylic acids is 1. The lowest BCUT2D eigenvalue weighted by atomic mass is 10.1. The van der Waals surface area contributed by atoms with Gasteiger partial charge in [0, 0.05) is 10.7 Å². The van der Waals surface area contributed by atoms with Crippen molar-refractivity contribution in [1.82, 2.24) is 0 Å². The number of carbonyl (C=O) groups is 1. The molecule has 0 bridgehead atoms. The minimum atomic E-state index is -0.135. The van der Waals surface area contributed by atoms with Gasteiger partial charge in [0.05, 0.1) is 12.4 Å². The Labute approximate surface area is 162 Å². The predicted molar refractivity (Wildman–Crippen MR) is 106 cm³/mol. The fourth-order valence-electron chi connectivity index (χ4n) is 2.74. The van der Waals surface area contributed by atoms with Crippen LogP contribution >= 0.6 is 23.4 Å². The Balaban J connectivity index is 1.93. The second-order valence-corrected chi connectivity index (χ2v) is 7.04.